The van der Waals surface area contributed by atoms with Gasteiger partial charge in [0.2, 0.25) is 5.91 Å². The Morgan fingerprint density at radius 1 is 1.18 bits per heavy atom. The lowest BCUT2D eigenvalue weighted by molar-refractivity contribution is -0.137. The summed E-state index contributed by atoms with van der Waals surface area (Å²) >= 11 is 5.81. The molecular formula is C19H14ClF3N4O. The molecule has 0 aliphatic carbocycles. The second-order valence-electron chi connectivity index (χ2n) is 5.86. The molecule has 144 valence electrons. The van der Waals surface area contributed by atoms with Crippen molar-refractivity contribution < 1.29 is 18.0 Å². The minimum Gasteiger partial charge on any atom is -0.307 e. The van der Waals surface area contributed by atoms with Crippen molar-refractivity contribution in [1.82, 2.24) is 14.8 Å². The normalized spacial score (nSPS) is 11.8. The lowest BCUT2D eigenvalue weighted by Gasteiger charge is -2.09. The van der Waals surface area contributed by atoms with Crippen LogP contribution in [0.15, 0.2) is 54.7 Å². The summed E-state index contributed by atoms with van der Waals surface area (Å²) in [5.41, 5.74) is 0.490. The highest BCUT2D eigenvalue weighted by atomic mass is 35.5. The number of nitrogens with zero attached hydrogens (tertiary/aromatic N) is 3. The number of nitrogens with one attached hydrogen (secondary N) is 1. The summed E-state index contributed by atoms with van der Waals surface area (Å²) < 4.78 is 39.3. The zero-order chi connectivity index (χ0) is 20.3. The molecule has 0 unspecified atom stereocenters. The predicted molar refractivity (Wildman–Crippen MR) is 100 cm³/mol. The second-order valence-corrected chi connectivity index (χ2v) is 6.30. The Morgan fingerprint density at radius 3 is 2.50 bits per heavy atom. The van der Waals surface area contributed by atoms with Crippen molar-refractivity contribution >= 4 is 29.4 Å². The molecule has 3 aromatic rings. The highest BCUT2D eigenvalue weighted by molar-refractivity contribution is 6.30. The van der Waals surface area contributed by atoms with Crippen LogP contribution < -0.4 is 5.32 Å². The molecule has 0 bridgehead atoms. The van der Waals surface area contributed by atoms with Crippen LogP contribution in [0.5, 0.6) is 0 Å². The van der Waals surface area contributed by atoms with Crippen LogP contribution in [0.25, 0.3) is 11.9 Å². The molecule has 0 saturated heterocycles. The number of halogens is 4. The topological polar surface area (TPSA) is 59.8 Å². The number of benzene rings is 1. The Bertz CT molecular complexity index is 1010. The summed E-state index contributed by atoms with van der Waals surface area (Å²) in [6.45, 7) is 1.69. The Balaban J connectivity index is 1.78. The predicted octanol–water partition coefficient (Wildman–Crippen LogP) is 4.90. The van der Waals surface area contributed by atoms with Crippen LogP contribution in [0.4, 0.5) is 19.0 Å². The fourth-order valence-electron chi connectivity index (χ4n) is 2.36. The number of carbonyl (C=O) groups excluding carboxylic acids is 1. The van der Waals surface area contributed by atoms with Gasteiger partial charge in [-0.3, -0.25) is 4.79 Å². The monoisotopic (exact) mass is 406 g/mol. The van der Waals surface area contributed by atoms with Gasteiger partial charge in [-0.15, -0.1) is 0 Å². The zero-order valence-electron chi connectivity index (χ0n) is 14.5. The second kappa shape index (κ2) is 7.85. The van der Waals surface area contributed by atoms with Gasteiger partial charge >= 0.3 is 6.18 Å². The number of carbonyl (C=O) groups is 1. The first-order valence-corrected chi connectivity index (χ1v) is 8.45. The molecule has 1 aromatic carbocycles. The molecule has 0 radical (unpaired) electrons. The van der Waals surface area contributed by atoms with Gasteiger partial charge in [0.25, 0.3) is 0 Å². The van der Waals surface area contributed by atoms with Gasteiger partial charge in [0.15, 0.2) is 5.82 Å². The molecule has 1 amide bonds. The molecule has 0 spiro atoms. The number of anilines is 1. The SMILES string of the molecule is Cc1cc(NC(=O)C=Cc2ccc(Cl)cc2)n(-c2ccc(C(F)(F)F)cn2)n1. The van der Waals surface area contributed by atoms with Crippen LogP contribution >= 0.6 is 11.6 Å². The molecular weight excluding hydrogens is 393 g/mol. The number of rotatable bonds is 4. The summed E-state index contributed by atoms with van der Waals surface area (Å²) in [5.74, 6) is 0.0107. The quantitative estimate of drug-likeness (QED) is 0.627. The molecule has 9 heteroatoms. The Labute approximate surface area is 163 Å². The fourth-order valence-corrected chi connectivity index (χ4v) is 2.48. The summed E-state index contributed by atoms with van der Waals surface area (Å²) in [5, 5.41) is 7.40. The highest BCUT2D eigenvalue weighted by Gasteiger charge is 2.30. The van der Waals surface area contributed by atoms with Gasteiger partial charge in [0.05, 0.1) is 11.3 Å². The van der Waals surface area contributed by atoms with E-state index in [2.05, 4.69) is 15.4 Å². The van der Waals surface area contributed by atoms with E-state index >= 15 is 0 Å². The first-order valence-electron chi connectivity index (χ1n) is 8.07. The molecule has 2 heterocycles. The highest BCUT2D eigenvalue weighted by Crippen LogP contribution is 2.29. The van der Waals surface area contributed by atoms with E-state index < -0.39 is 17.6 Å². The summed E-state index contributed by atoms with van der Waals surface area (Å²) in [6, 6.07) is 10.6. The maximum absolute atomic E-state index is 12.7. The average Bonchev–Trinajstić information content (AvgIpc) is 3.01. The molecule has 1 N–H and O–H groups in total. The molecule has 0 saturated carbocycles. The zero-order valence-corrected chi connectivity index (χ0v) is 15.3. The summed E-state index contributed by atoms with van der Waals surface area (Å²) in [4.78, 5) is 16.0. The van der Waals surface area contributed by atoms with Gasteiger partial charge in [-0.1, -0.05) is 23.7 Å². The minimum absolute atomic E-state index is 0.151. The van der Waals surface area contributed by atoms with E-state index in [1.807, 2.05) is 0 Å². The molecule has 0 aliphatic heterocycles. The van der Waals surface area contributed by atoms with Crippen LogP contribution in [0.3, 0.4) is 0 Å². The van der Waals surface area contributed by atoms with Gasteiger partial charge < -0.3 is 5.32 Å². The number of aromatic nitrogens is 3. The minimum atomic E-state index is -4.48. The van der Waals surface area contributed by atoms with E-state index in [1.54, 1.807) is 43.3 Å². The van der Waals surface area contributed by atoms with Gasteiger partial charge in [0, 0.05) is 23.4 Å². The van der Waals surface area contributed by atoms with Crippen molar-refractivity contribution in [3.63, 3.8) is 0 Å². The van der Waals surface area contributed by atoms with Crippen LogP contribution in [0.2, 0.25) is 5.02 Å². The largest absolute Gasteiger partial charge is 0.417 e. The summed E-state index contributed by atoms with van der Waals surface area (Å²) in [7, 11) is 0. The third kappa shape index (κ3) is 4.77. The van der Waals surface area contributed by atoms with Crippen LogP contribution in [0.1, 0.15) is 16.8 Å². The molecule has 3 rings (SSSR count). The fraction of sp³-hybridized carbons (Fsp3) is 0.105. The lowest BCUT2D eigenvalue weighted by Crippen LogP contribution is -2.13. The third-order valence-corrected chi connectivity index (χ3v) is 3.92. The van der Waals surface area contributed by atoms with Crippen LogP contribution in [-0.2, 0) is 11.0 Å². The Morgan fingerprint density at radius 2 is 1.89 bits per heavy atom. The van der Waals surface area contributed by atoms with E-state index in [4.69, 9.17) is 11.6 Å². The maximum atomic E-state index is 12.7. The smallest absolute Gasteiger partial charge is 0.307 e. The number of hydrogen-bond acceptors (Lipinski definition) is 3. The van der Waals surface area contributed by atoms with E-state index in [0.29, 0.717) is 10.7 Å². The number of hydrogen-bond donors (Lipinski definition) is 1. The van der Waals surface area contributed by atoms with Crippen LogP contribution in [0, 0.1) is 6.92 Å². The van der Waals surface area contributed by atoms with Crippen molar-refractivity contribution in [2.75, 3.05) is 5.32 Å². The van der Waals surface area contributed by atoms with Gasteiger partial charge in [0.1, 0.15) is 5.82 Å². The number of alkyl halides is 3. The van der Waals surface area contributed by atoms with Crippen molar-refractivity contribution in [2.24, 2.45) is 0 Å². The Hall–Kier alpha value is -3.13. The van der Waals surface area contributed by atoms with Gasteiger partial charge in [-0.25, -0.2) is 4.98 Å². The van der Waals surface area contributed by atoms with Crippen molar-refractivity contribution in [1.29, 1.82) is 0 Å². The number of aryl methyl sites for hydroxylation is 1. The molecule has 0 atom stereocenters. The van der Waals surface area contributed by atoms with Crippen molar-refractivity contribution in [3.05, 3.63) is 76.6 Å². The van der Waals surface area contributed by atoms with Crippen LogP contribution in [-0.4, -0.2) is 20.7 Å². The number of pyridine rings is 1. The molecule has 5 nitrogen and oxygen atoms in total. The lowest BCUT2D eigenvalue weighted by atomic mass is 10.2. The molecule has 0 fully saturated rings. The standard InChI is InChI=1S/C19H14ClF3N4O/c1-12-10-17(25-18(28)9-4-13-2-6-15(20)7-3-13)27(26-12)16-8-5-14(11-24-16)19(21,22)23/h2-11H,1H3,(H,25,28). The van der Waals surface area contributed by atoms with E-state index in [1.165, 1.54) is 16.8 Å². The maximum Gasteiger partial charge on any atom is 0.417 e. The average molecular weight is 407 g/mol. The first-order chi connectivity index (χ1) is 13.2. The van der Waals surface area contributed by atoms with Gasteiger partial charge in [-0.05, 0) is 42.8 Å². The first kappa shape index (κ1) is 19.6. The van der Waals surface area contributed by atoms with E-state index in [9.17, 15) is 18.0 Å². The van der Waals surface area contributed by atoms with Gasteiger partial charge in [-0.2, -0.15) is 23.0 Å². The van der Waals surface area contributed by atoms with E-state index in [-0.39, 0.29) is 11.6 Å². The molecule has 0 aliphatic rings. The number of amides is 1. The van der Waals surface area contributed by atoms with Crippen molar-refractivity contribution in [3.8, 4) is 5.82 Å². The molecule has 2 aromatic heterocycles. The van der Waals surface area contributed by atoms with Crippen molar-refractivity contribution in [2.45, 2.75) is 13.1 Å². The Kier molecular flexibility index (Phi) is 5.51. The summed E-state index contributed by atoms with van der Waals surface area (Å²) in [6.07, 6.45) is -0.820. The molecule has 28 heavy (non-hydrogen) atoms. The van der Waals surface area contributed by atoms with E-state index in [0.717, 1.165) is 17.8 Å². The third-order valence-electron chi connectivity index (χ3n) is 3.67.